The fourth-order valence-electron chi connectivity index (χ4n) is 6.78. The summed E-state index contributed by atoms with van der Waals surface area (Å²) >= 11 is 0. The molecule has 0 radical (unpaired) electrons. The van der Waals surface area contributed by atoms with Crippen molar-refractivity contribution in [2.75, 3.05) is 19.8 Å². The molecule has 1 amide bonds. The van der Waals surface area contributed by atoms with Gasteiger partial charge >= 0.3 is 12.4 Å². The van der Waals surface area contributed by atoms with Gasteiger partial charge in [-0.05, 0) is 72.4 Å². The minimum absolute atomic E-state index is 0.0641. The van der Waals surface area contributed by atoms with Crippen LogP contribution in [0.4, 0.5) is 30.7 Å². The van der Waals surface area contributed by atoms with E-state index in [0.717, 1.165) is 11.1 Å². The summed E-state index contributed by atoms with van der Waals surface area (Å²) in [5.74, 6) is -1.90. The van der Waals surface area contributed by atoms with Gasteiger partial charge in [-0.15, -0.1) is 0 Å². The molecule has 236 valence electrons. The number of amides is 1. The number of hydrogen-bond donors (Lipinski definition) is 0. The third kappa shape index (κ3) is 6.03. The summed E-state index contributed by atoms with van der Waals surface area (Å²) in [6.07, 6.45) is -6.10. The Morgan fingerprint density at radius 2 is 1.59 bits per heavy atom. The molecule has 2 saturated heterocycles. The van der Waals surface area contributed by atoms with Gasteiger partial charge in [0, 0.05) is 37.4 Å². The predicted molar refractivity (Wildman–Crippen MR) is 144 cm³/mol. The highest BCUT2D eigenvalue weighted by Gasteiger charge is 2.48. The molecule has 2 fully saturated rings. The second kappa shape index (κ2) is 11.3. The van der Waals surface area contributed by atoms with Crippen molar-refractivity contribution in [1.82, 2.24) is 4.90 Å². The van der Waals surface area contributed by atoms with Crippen LogP contribution in [-0.2, 0) is 31.4 Å². The third-order valence-electron chi connectivity index (χ3n) is 8.98. The van der Waals surface area contributed by atoms with E-state index < -0.39 is 59.3 Å². The molecular formula is C32H30F7NO4. The van der Waals surface area contributed by atoms with Crippen LogP contribution in [0.1, 0.15) is 66.9 Å². The van der Waals surface area contributed by atoms with Gasteiger partial charge in [0.2, 0.25) is 5.91 Å². The summed E-state index contributed by atoms with van der Waals surface area (Å²) in [5, 5.41) is 0. The summed E-state index contributed by atoms with van der Waals surface area (Å²) in [5.41, 5.74) is -0.667. The first-order valence-corrected chi connectivity index (χ1v) is 14.4. The van der Waals surface area contributed by atoms with E-state index in [0.29, 0.717) is 56.6 Å². The quantitative estimate of drug-likeness (QED) is 0.323. The number of hydrogen-bond acceptors (Lipinski definition) is 4. The van der Waals surface area contributed by atoms with E-state index in [1.54, 1.807) is 23.1 Å². The predicted octanol–water partition coefficient (Wildman–Crippen LogP) is 7.49. The lowest BCUT2D eigenvalue weighted by atomic mass is 9.81. The lowest BCUT2D eigenvalue weighted by molar-refractivity contribution is -0.161. The third-order valence-corrected chi connectivity index (χ3v) is 8.98. The highest BCUT2D eigenvalue weighted by molar-refractivity contribution is 5.91. The number of fused-ring (bicyclic) bond motifs is 1. The monoisotopic (exact) mass is 625 g/mol. The van der Waals surface area contributed by atoms with Gasteiger partial charge in [0.25, 0.3) is 0 Å². The number of nitrogens with zero attached hydrogens (tertiary/aromatic N) is 1. The van der Waals surface area contributed by atoms with Gasteiger partial charge in [0.1, 0.15) is 5.82 Å². The van der Waals surface area contributed by atoms with Gasteiger partial charge in [-0.1, -0.05) is 18.2 Å². The molecule has 0 aromatic heterocycles. The lowest BCUT2D eigenvalue weighted by Crippen LogP contribution is -2.40. The van der Waals surface area contributed by atoms with Gasteiger partial charge < -0.3 is 19.1 Å². The maximum atomic E-state index is 13.9. The van der Waals surface area contributed by atoms with Crippen LogP contribution in [-0.4, -0.2) is 48.5 Å². The average molecular weight is 626 g/mol. The van der Waals surface area contributed by atoms with Gasteiger partial charge in [-0.3, -0.25) is 4.79 Å². The highest BCUT2D eigenvalue weighted by Crippen LogP contribution is 2.46. The molecule has 0 N–H and O–H groups in total. The van der Waals surface area contributed by atoms with Gasteiger partial charge in [-0.25, -0.2) is 4.39 Å². The van der Waals surface area contributed by atoms with E-state index in [-0.39, 0.29) is 24.1 Å². The fourth-order valence-corrected chi connectivity index (χ4v) is 6.78. The molecule has 1 spiro atoms. The Kier molecular flexibility index (Phi) is 7.90. The number of allylic oxidation sites excluding steroid dienone is 1. The zero-order chi connectivity index (χ0) is 31.4. The Labute approximate surface area is 249 Å². The molecule has 3 aliphatic heterocycles. The van der Waals surface area contributed by atoms with Gasteiger partial charge in [0.05, 0.1) is 36.5 Å². The van der Waals surface area contributed by atoms with Gasteiger partial charge in [-0.2, -0.15) is 26.3 Å². The molecule has 5 nitrogen and oxygen atoms in total. The van der Waals surface area contributed by atoms with Crippen LogP contribution in [0.25, 0.3) is 0 Å². The van der Waals surface area contributed by atoms with E-state index in [2.05, 4.69) is 0 Å². The molecule has 4 aliphatic rings. The Morgan fingerprint density at radius 3 is 2.16 bits per heavy atom. The summed E-state index contributed by atoms with van der Waals surface area (Å²) in [7, 11) is 0. The Morgan fingerprint density at radius 1 is 0.955 bits per heavy atom. The van der Waals surface area contributed by atoms with Crippen LogP contribution < -0.4 is 0 Å². The summed E-state index contributed by atoms with van der Waals surface area (Å²) in [6, 6.07) is 6.63. The standard InChI is InChI=1S/C32H30F7NO4/c1-18(21-12-23(31(34,35)36)16-24(13-21)32(37,38)39)44-27-17-40-26(29(27)20-2-4-25(33)5-3-20)14-22(15-28(40)41)19-6-8-30(9-7-19)42-10-11-43-30/h2-6,12-13,15-16,18,26-27,29H,7-11,14,17H2,1H3/t18-,26?,27?,29+/m1/s1. The van der Waals surface area contributed by atoms with Crippen LogP contribution in [0.5, 0.6) is 0 Å². The minimum Gasteiger partial charge on any atom is -0.368 e. The zero-order valence-electron chi connectivity index (χ0n) is 23.7. The van der Waals surface area contributed by atoms with Crippen LogP contribution in [0.3, 0.4) is 0 Å². The summed E-state index contributed by atoms with van der Waals surface area (Å²) in [6.45, 7) is 2.50. The van der Waals surface area contributed by atoms with Crippen molar-refractivity contribution in [3.8, 4) is 0 Å². The topological polar surface area (TPSA) is 48.0 Å². The number of carbonyl (C=O) groups is 1. The van der Waals surface area contributed by atoms with Crippen LogP contribution >= 0.6 is 0 Å². The first kappa shape index (κ1) is 30.8. The van der Waals surface area contributed by atoms with E-state index in [9.17, 15) is 35.5 Å². The van der Waals surface area contributed by atoms with E-state index >= 15 is 0 Å². The molecule has 2 unspecified atom stereocenters. The normalized spacial score (nSPS) is 26.0. The van der Waals surface area contributed by atoms with E-state index in [1.165, 1.54) is 19.1 Å². The number of alkyl halides is 6. The van der Waals surface area contributed by atoms with Gasteiger partial charge in [0.15, 0.2) is 5.79 Å². The molecule has 3 heterocycles. The van der Waals surface area contributed by atoms with Crippen molar-refractivity contribution in [3.05, 3.63) is 93.8 Å². The van der Waals surface area contributed by atoms with E-state index in [4.69, 9.17) is 14.2 Å². The molecular weight excluding hydrogens is 595 g/mol. The number of carbonyl (C=O) groups excluding carboxylic acids is 1. The highest BCUT2D eigenvalue weighted by atomic mass is 19.4. The van der Waals surface area contributed by atoms with Crippen LogP contribution in [0.15, 0.2) is 65.8 Å². The molecule has 2 aromatic carbocycles. The average Bonchev–Trinajstić information content (AvgIpc) is 3.57. The summed E-state index contributed by atoms with van der Waals surface area (Å²) in [4.78, 5) is 15.0. The Bertz CT molecular complexity index is 1440. The molecule has 1 aliphatic carbocycles. The molecule has 0 saturated carbocycles. The van der Waals surface area contributed by atoms with Crippen LogP contribution in [0, 0.1) is 5.82 Å². The van der Waals surface area contributed by atoms with Crippen molar-refractivity contribution in [1.29, 1.82) is 0 Å². The van der Waals surface area contributed by atoms with Crippen molar-refractivity contribution < 1.29 is 49.7 Å². The van der Waals surface area contributed by atoms with Crippen molar-refractivity contribution in [2.24, 2.45) is 0 Å². The summed E-state index contributed by atoms with van der Waals surface area (Å²) < 4.78 is 113. The minimum atomic E-state index is -5.00. The largest absolute Gasteiger partial charge is 0.416 e. The number of rotatable bonds is 5. The molecule has 0 bridgehead atoms. The fraction of sp³-hybridized carbons (Fsp3) is 0.469. The second-order valence-electron chi connectivity index (χ2n) is 11.7. The maximum absolute atomic E-state index is 13.9. The Balaban J connectivity index is 1.29. The number of benzene rings is 2. The SMILES string of the molecule is C[C@@H](OC1CN2C(=O)C=C(C3=CCC4(CC3)OCCO4)CC2[C@@H]1c1ccc(F)cc1)c1cc(C(F)(F)F)cc(C(F)(F)F)c1. The van der Waals surface area contributed by atoms with Crippen LogP contribution in [0.2, 0.25) is 0 Å². The molecule has 44 heavy (non-hydrogen) atoms. The molecule has 2 aromatic rings. The first-order chi connectivity index (χ1) is 20.7. The smallest absolute Gasteiger partial charge is 0.368 e. The lowest BCUT2D eigenvalue weighted by Gasteiger charge is -2.36. The van der Waals surface area contributed by atoms with Crippen molar-refractivity contribution in [2.45, 2.75) is 74.9 Å². The molecule has 12 heteroatoms. The number of ether oxygens (including phenoxy) is 3. The Hall–Kier alpha value is -3.22. The number of halogens is 7. The zero-order valence-corrected chi connectivity index (χ0v) is 23.7. The van der Waals surface area contributed by atoms with E-state index in [1.807, 2.05) is 6.08 Å². The van der Waals surface area contributed by atoms with Crippen molar-refractivity contribution >= 4 is 5.91 Å². The first-order valence-electron chi connectivity index (χ1n) is 14.4. The molecule has 4 atom stereocenters. The second-order valence-corrected chi connectivity index (χ2v) is 11.7. The molecule has 6 rings (SSSR count). The maximum Gasteiger partial charge on any atom is 0.416 e. The van der Waals surface area contributed by atoms with Crippen molar-refractivity contribution in [3.63, 3.8) is 0 Å².